The Morgan fingerprint density at radius 1 is 1.19 bits per heavy atom. The van der Waals surface area contributed by atoms with Gasteiger partial charge in [0.25, 0.3) is 0 Å². The van der Waals surface area contributed by atoms with E-state index < -0.39 is 0 Å². The van der Waals surface area contributed by atoms with Crippen molar-refractivity contribution in [3.8, 4) is 0 Å². The third-order valence-corrected chi connectivity index (χ3v) is 3.12. The lowest BCUT2D eigenvalue weighted by molar-refractivity contribution is 0.232. The molecule has 1 unspecified atom stereocenters. The fourth-order valence-electron chi connectivity index (χ4n) is 1.88. The van der Waals surface area contributed by atoms with Gasteiger partial charge < -0.3 is 5.73 Å². The van der Waals surface area contributed by atoms with Gasteiger partial charge in [0.05, 0.1) is 0 Å². The second-order valence-corrected chi connectivity index (χ2v) is 4.32. The highest BCUT2D eigenvalue weighted by Gasteiger charge is 2.10. The van der Waals surface area contributed by atoms with Crippen molar-refractivity contribution >= 4 is 0 Å². The molecule has 16 heavy (non-hydrogen) atoms. The Morgan fingerprint density at radius 2 is 1.88 bits per heavy atom. The molecule has 90 valence electrons. The van der Waals surface area contributed by atoms with Crippen LogP contribution in [0.25, 0.3) is 0 Å². The largest absolute Gasteiger partial charge is 0.330 e. The lowest BCUT2D eigenvalue weighted by atomic mass is 10.1. The van der Waals surface area contributed by atoms with E-state index in [1.54, 1.807) is 0 Å². The van der Waals surface area contributed by atoms with Gasteiger partial charge in [-0.1, -0.05) is 50.6 Å². The zero-order valence-electron chi connectivity index (χ0n) is 10.5. The van der Waals surface area contributed by atoms with Gasteiger partial charge in [-0.3, -0.25) is 4.90 Å². The molecule has 0 saturated carbocycles. The Kier molecular flexibility index (Phi) is 6.12. The Hall–Kier alpha value is -0.860. The Balaban J connectivity index is 2.49. The van der Waals surface area contributed by atoms with E-state index in [0.717, 1.165) is 26.2 Å². The summed E-state index contributed by atoms with van der Waals surface area (Å²) in [4.78, 5) is 2.47. The lowest BCUT2D eigenvalue weighted by Gasteiger charge is -2.25. The van der Waals surface area contributed by atoms with Crippen molar-refractivity contribution in [2.24, 2.45) is 11.7 Å². The van der Waals surface area contributed by atoms with Crippen molar-refractivity contribution in [2.45, 2.75) is 26.8 Å². The first-order chi connectivity index (χ1) is 7.80. The number of hydrogen-bond acceptors (Lipinski definition) is 2. The van der Waals surface area contributed by atoms with Crippen LogP contribution in [0, 0.1) is 5.92 Å². The Labute approximate surface area is 99.5 Å². The summed E-state index contributed by atoms with van der Waals surface area (Å²) in [6.45, 7) is 8.46. The molecular formula is C14H24N2. The first kappa shape index (κ1) is 13.2. The summed E-state index contributed by atoms with van der Waals surface area (Å²) in [6, 6.07) is 10.6. The van der Waals surface area contributed by atoms with Crippen LogP contribution >= 0.6 is 0 Å². The van der Waals surface area contributed by atoms with Crippen molar-refractivity contribution in [3.05, 3.63) is 35.9 Å². The molecule has 1 atom stereocenters. The molecule has 1 aromatic carbocycles. The summed E-state index contributed by atoms with van der Waals surface area (Å²) in [5.74, 6) is 0.628. The molecule has 1 aromatic rings. The molecule has 0 aliphatic carbocycles. The highest BCUT2D eigenvalue weighted by Crippen LogP contribution is 2.08. The monoisotopic (exact) mass is 220 g/mol. The second kappa shape index (κ2) is 7.42. The predicted octanol–water partition coefficient (Wildman–Crippen LogP) is 2.49. The molecule has 1 rings (SSSR count). The van der Waals surface area contributed by atoms with Gasteiger partial charge in [0, 0.05) is 13.1 Å². The molecule has 0 heterocycles. The smallest absolute Gasteiger partial charge is 0.0233 e. The average Bonchev–Trinajstić information content (AvgIpc) is 2.35. The summed E-state index contributed by atoms with van der Waals surface area (Å²) in [7, 11) is 0. The number of nitrogens with two attached hydrogens (primary N) is 1. The van der Waals surface area contributed by atoms with Crippen LogP contribution in [-0.2, 0) is 6.54 Å². The maximum absolute atomic E-state index is 5.75. The zero-order chi connectivity index (χ0) is 11.8. The fraction of sp³-hybridized carbons (Fsp3) is 0.571. The summed E-state index contributed by atoms with van der Waals surface area (Å²) in [5.41, 5.74) is 7.14. The number of hydrogen-bond donors (Lipinski definition) is 1. The summed E-state index contributed by atoms with van der Waals surface area (Å²) in [6.07, 6.45) is 1.17. The number of nitrogens with zero attached hydrogens (tertiary/aromatic N) is 1. The maximum Gasteiger partial charge on any atom is 0.0233 e. The highest BCUT2D eigenvalue weighted by molar-refractivity contribution is 5.14. The van der Waals surface area contributed by atoms with E-state index in [1.165, 1.54) is 12.0 Å². The standard InChI is InChI=1S/C14H24N2/c1-3-13(10-15)11-16(4-2)12-14-8-6-5-7-9-14/h5-9,13H,3-4,10-12,15H2,1-2H3. The van der Waals surface area contributed by atoms with E-state index in [1.807, 2.05) is 0 Å². The number of benzene rings is 1. The van der Waals surface area contributed by atoms with Crippen LogP contribution in [0.1, 0.15) is 25.8 Å². The molecular weight excluding hydrogens is 196 g/mol. The van der Waals surface area contributed by atoms with Crippen molar-refractivity contribution in [3.63, 3.8) is 0 Å². The van der Waals surface area contributed by atoms with Crippen LogP contribution in [0.15, 0.2) is 30.3 Å². The molecule has 0 bridgehead atoms. The average molecular weight is 220 g/mol. The Bertz CT molecular complexity index is 267. The highest BCUT2D eigenvalue weighted by atomic mass is 15.1. The topological polar surface area (TPSA) is 29.3 Å². The van der Waals surface area contributed by atoms with Gasteiger partial charge in [-0.15, -0.1) is 0 Å². The summed E-state index contributed by atoms with van der Waals surface area (Å²) < 4.78 is 0. The van der Waals surface area contributed by atoms with E-state index in [-0.39, 0.29) is 0 Å². The molecule has 0 radical (unpaired) electrons. The van der Waals surface area contributed by atoms with Gasteiger partial charge in [0.1, 0.15) is 0 Å². The van der Waals surface area contributed by atoms with Gasteiger partial charge in [0.2, 0.25) is 0 Å². The first-order valence-electron chi connectivity index (χ1n) is 6.26. The van der Waals surface area contributed by atoms with Crippen molar-refractivity contribution in [1.29, 1.82) is 0 Å². The summed E-state index contributed by atoms with van der Waals surface area (Å²) >= 11 is 0. The molecule has 0 aliphatic rings. The molecule has 2 nitrogen and oxygen atoms in total. The van der Waals surface area contributed by atoms with Gasteiger partial charge in [-0.2, -0.15) is 0 Å². The minimum absolute atomic E-state index is 0.628. The van der Waals surface area contributed by atoms with Crippen LogP contribution in [0.3, 0.4) is 0 Å². The molecule has 0 aliphatic heterocycles. The minimum Gasteiger partial charge on any atom is -0.330 e. The first-order valence-corrected chi connectivity index (χ1v) is 6.26. The van der Waals surface area contributed by atoms with Crippen molar-refractivity contribution in [1.82, 2.24) is 4.90 Å². The van der Waals surface area contributed by atoms with E-state index >= 15 is 0 Å². The third kappa shape index (κ3) is 4.33. The van der Waals surface area contributed by atoms with Gasteiger partial charge in [0.15, 0.2) is 0 Å². The summed E-state index contributed by atoms with van der Waals surface area (Å²) in [5, 5.41) is 0. The lowest BCUT2D eigenvalue weighted by Crippen LogP contribution is -2.32. The maximum atomic E-state index is 5.75. The quantitative estimate of drug-likeness (QED) is 0.765. The Morgan fingerprint density at radius 3 is 2.38 bits per heavy atom. The normalized spacial score (nSPS) is 13.0. The van der Waals surface area contributed by atoms with Crippen LogP contribution in [0.2, 0.25) is 0 Å². The minimum atomic E-state index is 0.628. The van der Waals surface area contributed by atoms with Crippen molar-refractivity contribution in [2.75, 3.05) is 19.6 Å². The molecule has 0 saturated heterocycles. The molecule has 0 spiro atoms. The van der Waals surface area contributed by atoms with Crippen molar-refractivity contribution < 1.29 is 0 Å². The number of rotatable bonds is 7. The van der Waals surface area contributed by atoms with E-state index in [4.69, 9.17) is 5.73 Å². The third-order valence-electron chi connectivity index (χ3n) is 3.12. The molecule has 2 heteroatoms. The molecule has 0 aromatic heterocycles. The van der Waals surface area contributed by atoms with Crippen LogP contribution < -0.4 is 5.73 Å². The fourth-order valence-corrected chi connectivity index (χ4v) is 1.88. The van der Waals surface area contributed by atoms with Gasteiger partial charge in [-0.05, 0) is 24.6 Å². The van der Waals surface area contributed by atoms with Crippen LogP contribution in [0.5, 0.6) is 0 Å². The second-order valence-electron chi connectivity index (χ2n) is 4.32. The molecule has 0 fully saturated rings. The predicted molar refractivity (Wildman–Crippen MR) is 70.2 cm³/mol. The SMILES string of the molecule is CCC(CN)CN(CC)Cc1ccccc1. The zero-order valence-corrected chi connectivity index (χ0v) is 10.5. The van der Waals surface area contributed by atoms with E-state index in [0.29, 0.717) is 5.92 Å². The van der Waals surface area contributed by atoms with Crippen LogP contribution in [0.4, 0.5) is 0 Å². The van der Waals surface area contributed by atoms with Gasteiger partial charge >= 0.3 is 0 Å². The molecule has 2 N–H and O–H groups in total. The van der Waals surface area contributed by atoms with E-state index in [9.17, 15) is 0 Å². The molecule has 0 amide bonds. The van der Waals surface area contributed by atoms with Crippen LogP contribution in [-0.4, -0.2) is 24.5 Å². The van der Waals surface area contributed by atoms with Gasteiger partial charge in [-0.25, -0.2) is 0 Å². The van der Waals surface area contributed by atoms with E-state index in [2.05, 4.69) is 49.1 Å².